The predicted octanol–water partition coefficient (Wildman–Crippen LogP) is 5.46. The molecule has 0 aliphatic rings. The number of nitrogens with one attached hydrogen (secondary N) is 1. The number of benzene rings is 3. The van der Waals surface area contributed by atoms with Crippen LogP contribution in [0.5, 0.6) is 0 Å². The third kappa shape index (κ3) is 2.93. The number of hydrogen-bond donors (Lipinski definition) is 2. The highest BCUT2D eigenvalue weighted by molar-refractivity contribution is 6.03. The van der Waals surface area contributed by atoms with Gasteiger partial charge in [0.2, 0.25) is 0 Å². The fraction of sp³-hybridized carbons (Fsp3) is 0.0476. The minimum atomic E-state index is -1.62. The summed E-state index contributed by atoms with van der Waals surface area (Å²) in [6.45, 7) is 1.57. The minimum Gasteiger partial charge on any atom is -0.478 e. The van der Waals surface area contributed by atoms with Gasteiger partial charge in [-0.25, -0.2) is 27.3 Å². The molecule has 0 saturated heterocycles. The summed E-state index contributed by atoms with van der Waals surface area (Å²) in [6, 6.07) is 9.33. The Morgan fingerprint density at radius 3 is 2.00 bits per heavy atom. The fourth-order valence-electron chi connectivity index (χ4n) is 3.29. The quantitative estimate of drug-likeness (QED) is 0.355. The van der Waals surface area contributed by atoms with Crippen LogP contribution in [0, 0.1) is 30.2 Å². The van der Waals surface area contributed by atoms with E-state index in [1.165, 1.54) is 30.3 Å². The highest BCUT2D eigenvalue weighted by Gasteiger charge is 2.28. The maximum absolute atomic E-state index is 14.9. The molecule has 2 N–H and O–H groups in total. The van der Waals surface area contributed by atoms with Gasteiger partial charge in [-0.15, -0.1) is 0 Å². The smallest absolute Gasteiger partial charge is 0.337 e. The predicted molar refractivity (Wildman–Crippen MR) is 98.5 cm³/mol. The second-order valence-corrected chi connectivity index (χ2v) is 6.42. The highest BCUT2D eigenvalue weighted by Crippen LogP contribution is 2.38. The van der Waals surface area contributed by atoms with Crippen molar-refractivity contribution in [2.45, 2.75) is 6.92 Å². The number of carboxylic acids is 1. The zero-order valence-corrected chi connectivity index (χ0v) is 14.9. The van der Waals surface area contributed by atoms with E-state index in [1.54, 1.807) is 13.0 Å². The van der Waals surface area contributed by atoms with Crippen LogP contribution in [0.15, 0.2) is 42.5 Å². The fourth-order valence-corrected chi connectivity index (χ4v) is 3.29. The van der Waals surface area contributed by atoms with Gasteiger partial charge in [0.05, 0.1) is 22.2 Å². The molecule has 0 spiro atoms. The zero-order valence-electron chi connectivity index (χ0n) is 14.9. The Morgan fingerprint density at radius 2 is 1.45 bits per heavy atom. The molecular formula is C21H12F4N2O2. The van der Waals surface area contributed by atoms with Crippen molar-refractivity contribution in [3.8, 4) is 22.3 Å². The van der Waals surface area contributed by atoms with Crippen LogP contribution in [-0.2, 0) is 0 Å². The number of carbonyl (C=O) groups is 1. The summed E-state index contributed by atoms with van der Waals surface area (Å²) >= 11 is 0. The molecule has 0 fully saturated rings. The molecule has 0 saturated carbocycles. The lowest BCUT2D eigenvalue weighted by Crippen LogP contribution is -2.05. The first-order valence-electron chi connectivity index (χ1n) is 8.45. The van der Waals surface area contributed by atoms with E-state index in [2.05, 4.69) is 9.97 Å². The van der Waals surface area contributed by atoms with Crippen molar-refractivity contribution in [1.82, 2.24) is 9.97 Å². The Balaban J connectivity index is 2.03. The molecule has 0 aliphatic heterocycles. The van der Waals surface area contributed by atoms with Crippen LogP contribution in [0.25, 0.3) is 33.3 Å². The minimum absolute atomic E-state index is 0.0299. The van der Waals surface area contributed by atoms with Crippen LogP contribution in [0.3, 0.4) is 0 Å². The van der Waals surface area contributed by atoms with Crippen molar-refractivity contribution in [2.24, 2.45) is 0 Å². The number of fused-ring (bicyclic) bond motifs is 1. The van der Waals surface area contributed by atoms with Crippen molar-refractivity contribution >= 4 is 17.0 Å². The molecule has 146 valence electrons. The number of aryl methyl sites for hydroxylation is 1. The second-order valence-electron chi connectivity index (χ2n) is 6.42. The standard InChI is InChI=1S/C21H12F4N2O2/c1-9-26-13-8-11(7-12(21(28)29)20(13)27-9)15-18(24)16(22)14(17(23)19(15)25)10-5-3-2-4-6-10/h2-8H,1H3,(H,26,27)(H,28,29). The number of rotatable bonds is 3. The highest BCUT2D eigenvalue weighted by atomic mass is 19.2. The number of carboxylic acid groups (broad SMARTS) is 1. The van der Waals surface area contributed by atoms with Gasteiger partial charge in [-0.3, -0.25) is 0 Å². The van der Waals surface area contributed by atoms with Crippen LogP contribution in [0.2, 0.25) is 0 Å². The van der Waals surface area contributed by atoms with E-state index < -0.39 is 40.4 Å². The molecule has 3 aromatic carbocycles. The van der Waals surface area contributed by atoms with E-state index in [0.717, 1.165) is 6.07 Å². The molecule has 0 atom stereocenters. The third-order valence-corrected chi connectivity index (χ3v) is 4.55. The van der Waals surface area contributed by atoms with E-state index in [4.69, 9.17) is 0 Å². The Kier molecular flexibility index (Phi) is 4.34. The van der Waals surface area contributed by atoms with Gasteiger partial charge in [0.1, 0.15) is 11.3 Å². The molecule has 0 bridgehead atoms. The van der Waals surface area contributed by atoms with E-state index in [1.807, 2.05) is 0 Å². The van der Waals surface area contributed by atoms with E-state index in [9.17, 15) is 27.5 Å². The monoisotopic (exact) mass is 400 g/mol. The van der Waals surface area contributed by atoms with E-state index >= 15 is 0 Å². The lowest BCUT2D eigenvalue weighted by molar-refractivity contribution is 0.0699. The summed E-state index contributed by atoms with van der Waals surface area (Å²) in [5, 5.41) is 9.41. The maximum Gasteiger partial charge on any atom is 0.337 e. The first-order chi connectivity index (χ1) is 13.8. The third-order valence-electron chi connectivity index (χ3n) is 4.55. The summed E-state index contributed by atoms with van der Waals surface area (Å²) in [5.41, 5.74) is -2.29. The van der Waals surface area contributed by atoms with Crippen LogP contribution >= 0.6 is 0 Å². The normalized spacial score (nSPS) is 11.2. The van der Waals surface area contributed by atoms with Crippen molar-refractivity contribution in [1.29, 1.82) is 0 Å². The van der Waals surface area contributed by atoms with Gasteiger partial charge >= 0.3 is 5.97 Å². The number of aromatic nitrogens is 2. The second kappa shape index (κ2) is 6.73. The summed E-state index contributed by atoms with van der Waals surface area (Å²) in [5.74, 6) is -7.39. The average Bonchev–Trinajstić information content (AvgIpc) is 3.07. The summed E-state index contributed by atoms with van der Waals surface area (Å²) in [6.07, 6.45) is 0. The van der Waals surface area contributed by atoms with E-state index in [-0.39, 0.29) is 27.7 Å². The molecule has 0 aliphatic carbocycles. The number of aromatic amines is 1. The zero-order chi connectivity index (χ0) is 20.9. The largest absolute Gasteiger partial charge is 0.478 e. The van der Waals surface area contributed by atoms with E-state index in [0.29, 0.717) is 5.82 Å². The van der Waals surface area contributed by atoms with Gasteiger partial charge in [-0.05, 0) is 30.2 Å². The van der Waals surface area contributed by atoms with Crippen LogP contribution in [-0.4, -0.2) is 21.0 Å². The lowest BCUT2D eigenvalue weighted by atomic mass is 9.96. The molecule has 1 aromatic heterocycles. The summed E-state index contributed by atoms with van der Waals surface area (Å²) in [7, 11) is 0. The van der Waals surface area contributed by atoms with Crippen molar-refractivity contribution in [2.75, 3.05) is 0 Å². The first-order valence-corrected chi connectivity index (χ1v) is 8.45. The molecule has 29 heavy (non-hydrogen) atoms. The Bertz CT molecular complexity index is 1250. The van der Waals surface area contributed by atoms with Gasteiger partial charge in [0.15, 0.2) is 23.3 Å². The molecular weight excluding hydrogens is 388 g/mol. The molecule has 0 amide bonds. The Labute approximate surface area is 161 Å². The van der Waals surface area contributed by atoms with Gasteiger partial charge < -0.3 is 10.1 Å². The Hall–Kier alpha value is -3.68. The topological polar surface area (TPSA) is 66.0 Å². The van der Waals surface area contributed by atoms with Crippen LogP contribution in [0.1, 0.15) is 16.2 Å². The molecule has 4 rings (SSSR count). The first kappa shape index (κ1) is 18.7. The van der Waals surface area contributed by atoms with Crippen molar-refractivity contribution < 1.29 is 27.5 Å². The summed E-state index contributed by atoms with van der Waals surface area (Å²) < 4.78 is 59.2. The number of halogens is 4. The number of aromatic carboxylic acids is 1. The molecule has 0 radical (unpaired) electrons. The summed E-state index contributed by atoms with van der Waals surface area (Å²) in [4.78, 5) is 18.4. The molecule has 4 nitrogen and oxygen atoms in total. The molecule has 4 aromatic rings. The number of nitrogens with zero attached hydrogens (tertiary/aromatic N) is 1. The number of imidazole rings is 1. The van der Waals surface area contributed by atoms with Gasteiger partial charge in [-0.1, -0.05) is 30.3 Å². The number of H-pyrrole nitrogens is 1. The van der Waals surface area contributed by atoms with Crippen LogP contribution in [0.4, 0.5) is 17.6 Å². The van der Waals surface area contributed by atoms with Crippen LogP contribution < -0.4 is 0 Å². The Morgan fingerprint density at radius 1 is 0.897 bits per heavy atom. The van der Waals surface area contributed by atoms with Crippen molar-refractivity contribution in [3.63, 3.8) is 0 Å². The average molecular weight is 400 g/mol. The SMILES string of the molecule is Cc1nc2c(C(=O)O)cc(-c3c(F)c(F)c(-c4ccccc4)c(F)c3F)cc2[nH]1. The van der Waals surface area contributed by atoms with Crippen molar-refractivity contribution in [3.05, 3.63) is 77.1 Å². The van der Waals surface area contributed by atoms with Gasteiger partial charge in [-0.2, -0.15) is 0 Å². The lowest BCUT2D eigenvalue weighted by Gasteiger charge is -2.13. The maximum atomic E-state index is 14.9. The van der Waals surface area contributed by atoms with Gasteiger partial charge in [0, 0.05) is 0 Å². The molecule has 8 heteroatoms. The number of hydrogen-bond acceptors (Lipinski definition) is 2. The molecule has 0 unspecified atom stereocenters. The van der Waals surface area contributed by atoms with Gasteiger partial charge in [0.25, 0.3) is 0 Å². The molecule has 1 heterocycles.